The third-order valence-electron chi connectivity index (χ3n) is 3.69. The van der Waals surface area contributed by atoms with Crippen molar-refractivity contribution in [2.45, 2.75) is 6.92 Å². The van der Waals surface area contributed by atoms with E-state index in [1.807, 2.05) is 38.2 Å². The average Bonchev–Trinajstić information content (AvgIpc) is 2.71. The second-order valence-corrected chi connectivity index (χ2v) is 4.93. The summed E-state index contributed by atoms with van der Waals surface area (Å²) in [6.07, 6.45) is 1.63. The molecule has 0 fully saturated rings. The lowest BCUT2D eigenvalue weighted by atomic mass is 10.1. The van der Waals surface area contributed by atoms with E-state index in [2.05, 4.69) is 9.56 Å². The zero-order valence-corrected chi connectivity index (χ0v) is 11.8. The molecule has 0 aliphatic heterocycles. The van der Waals surface area contributed by atoms with Gasteiger partial charge in [0.2, 0.25) is 0 Å². The first kappa shape index (κ1) is 13.5. The van der Waals surface area contributed by atoms with Gasteiger partial charge < -0.3 is 4.57 Å². The molecule has 1 aromatic heterocycles. The molecule has 0 unspecified atom stereocenters. The van der Waals surface area contributed by atoms with Gasteiger partial charge in [0.15, 0.2) is 5.82 Å². The minimum absolute atomic E-state index is 0.128. The van der Waals surface area contributed by atoms with Crippen molar-refractivity contribution in [2.75, 3.05) is 0 Å². The molecule has 0 amide bonds. The maximum atomic E-state index is 13.6. The van der Waals surface area contributed by atoms with Gasteiger partial charge in [-0.25, -0.2) is 8.78 Å². The number of hydrogen-bond donors (Lipinski definition) is 0. The van der Waals surface area contributed by atoms with Crippen molar-refractivity contribution in [1.29, 1.82) is 0 Å². The zero-order chi connectivity index (χ0) is 15.0. The van der Waals surface area contributed by atoms with Crippen LogP contribution in [0.4, 0.5) is 14.5 Å². The average molecular weight is 284 g/mol. The predicted octanol–water partition coefficient (Wildman–Crippen LogP) is 4.52. The SMILES string of the molecule is Cc1c(C=Nc2ccc(F)cc2F)c2ccccc2n1C. The van der Waals surface area contributed by atoms with Crippen molar-refractivity contribution in [3.63, 3.8) is 0 Å². The summed E-state index contributed by atoms with van der Waals surface area (Å²) >= 11 is 0. The number of halogens is 2. The summed E-state index contributed by atoms with van der Waals surface area (Å²) < 4.78 is 28.6. The highest BCUT2D eigenvalue weighted by molar-refractivity contribution is 6.01. The molecule has 0 aliphatic rings. The highest BCUT2D eigenvalue weighted by Crippen LogP contribution is 2.24. The highest BCUT2D eigenvalue weighted by Gasteiger charge is 2.09. The highest BCUT2D eigenvalue weighted by atomic mass is 19.1. The van der Waals surface area contributed by atoms with E-state index in [0.29, 0.717) is 0 Å². The standard InChI is InChI=1S/C17H14F2N2/c1-11-14(13-5-3-4-6-17(13)21(11)2)10-20-16-8-7-12(18)9-15(16)19/h3-10H,1-2H3. The summed E-state index contributed by atoms with van der Waals surface area (Å²) in [4.78, 5) is 4.16. The topological polar surface area (TPSA) is 17.3 Å². The number of nitrogens with zero attached hydrogens (tertiary/aromatic N) is 2. The minimum Gasteiger partial charge on any atom is -0.347 e. The summed E-state index contributed by atoms with van der Waals surface area (Å²) in [5.74, 6) is -1.27. The molecule has 3 aromatic rings. The van der Waals surface area contributed by atoms with E-state index in [1.165, 1.54) is 12.1 Å². The van der Waals surface area contributed by atoms with Gasteiger partial charge in [-0.2, -0.15) is 0 Å². The van der Waals surface area contributed by atoms with Crippen molar-refractivity contribution in [1.82, 2.24) is 4.57 Å². The first-order chi connectivity index (χ1) is 10.1. The molecule has 0 spiro atoms. The normalized spacial score (nSPS) is 11.6. The number of aromatic nitrogens is 1. The number of fused-ring (bicyclic) bond motifs is 1. The monoisotopic (exact) mass is 284 g/mol. The van der Waals surface area contributed by atoms with Crippen molar-refractivity contribution in [3.8, 4) is 0 Å². The fraction of sp³-hybridized carbons (Fsp3) is 0.118. The van der Waals surface area contributed by atoms with Crippen LogP contribution in [0, 0.1) is 18.6 Å². The van der Waals surface area contributed by atoms with Crippen LogP contribution < -0.4 is 0 Å². The van der Waals surface area contributed by atoms with E-state index in [-0.39, 0.29) is 5.69 Å². The number of aryl methyl sites for hydroxylation is 1. The summed E-state index contributed by atoms with van der Waals surface area (Å²) in [6.45, 7) is 1.99. The van der Waals surface area contributed by atoms with Crippen LogP contribution in [0.3, 0.4) is 0 Å². The number of benzene rings is 2. The van der Waals surface area contributed by atoms with Crippen molar-refractivity contribution in [2.24, 2.45) is 12.0 Å². The molecule has 0 radical (unpaired) electrons. The van der Waals surface area contributed by atoms with Gasteiger partial charge in [-0.1, -0.05) is 18.2 Å². The molecule has 0 saturated carbocycles. The van der Waals surface area contributed by atoms with Crippen LogP contribution in [0.1, 0.15) is 11.3 Å². The molecule has 21 heavy (non-hydrogen) atoms. The van der Waals surface area contributed by atoms with Crippen molar-refractivity contribution in [3.05, 3.63) is 65.4 Å². The Morgan fingerprint density at radius 3 is 2.62 bits per heavy atom. The van der Waals surface area contributed by atoms with E-state index in [1.54, 1.807) is 6.21 Å². The Labute approximate surface area is 121 Å². The van der Waals surface area contributed by atoms with Crippen molar-refractivity contribution >= 4 is 22.8 Å². The summed E-state index contributed by atoms with van der Waals surface area (Å²) in [5, 5.41) is 1.06. The van der Waals surface area contributed by atoms with E-state index in [4.69, 9.17) is 0 Å². The molecule has 106 valence electrons. The third-order valence-corrected chi connectivity index (χ3v) is 3.69. The van der Waals surface area contributed by atoms with Crippen molar-refractivity contribution < 1.29 is 8.78 Å². The van der Waals surface area contributed by atoms with Gasteiger partial charge in [-0.05, 0) is 25.1 Å². The number of rotatable bonds is 2. The van der Waals surface area contributed by atoms with Gasteiger partial charge in [0, 0.05) is 41.5 Å². The Balaban J connectivity index is 2.09. The minimum atomic E-state index is -0.663. The maximum absolute atomic E-state index is 13.6. The lowest BCUT2D eigenvalue weighted by molar-refractivity contribution is 0.585. The molecule has 0 bridgehead atoms. The molecule has 0 aliphatic carbocycles. The van der Waals surface area contributed by atoms with Crippen LogP contribution in [0.25, 0.3) is 10.9 Å². The van der Waals surface area contributed by atoms with E-state index < -0.39 is 11.6 Å². The molecule has 2 aromatic carbocycles. The predicted molar refractivity (Wildman–Crippen MR) is 81.3 cm³/mol. The molecule has 2 nitrogen and oxygen atoms in total. The Morgan fingerprint density at radius 2 is 1.86 bits per heavy atom. The largest absolute Gasteiger partial charge is 0.347 e. The van der Waals surface area contributed by atoms with Crippen LogP contribution in [0.5, 0.6) is 0 Å². The Morgan fingerprint density at radius 1 is 1.10 bits per heavy atom. The summed E-state index contributed by atoms with van der Waals surface area (Å²) in [7, 11) is 1.98. The van der Waals surface area contributed by atoms with Crippen LogP contribution in [-0.2, 0) is 7.05 Å². The fourth-order valence-corrected chi connectivity index (χ4v) is 2.43. The van der Waals surface area contributed by atoms with Gasteiger partial charge in [-0.15, -0.1) is 0 Å². The Kier molecular flexibility index (Phi) is 3.29. The van der Waals surface area contributed by atoms with E-state index in [0.717, 1.165) is 28.2 Å². The molecule has 0 saturated heterocycles. The lowest BCUT2D eigenvalue weighted by Crippen LogP contribution is -1.91. The quantitative estimate of drug-likeness (QED) is 0.616. The maximum Gasteiger partial charge on any atom is 0.151 e. The fourth-order valence-electron chi connectivity index (χ4n) is 2.43. The second-order valence-electron chi connectivity index (χ2n) is 4.93. The second kappa shape index (κ2) is 5.13. The van der Waals surface area contributed by atoms with Crippen LogP contribution >= 0.6 is 0 Å². The summed E-state index contributed by atoms with van der Waals surface area (Å²) in [6, 6.07) is 11.3. The van der Waals surface area contributed by atoms with Crippen LogP contribution in [0.15, 0.2) is 47.5 Å². The Bertz CT molecular complexity index is 847. The molecular weight excluding hydrogens is 270 g/mol. The molecule has 4 heteroatoms. The van der Waals surface area contributed by atoms with E-state index >= 15 is 0 Å². The van der Waals surface area contributed by atoms with Crippen LogP contribution in [0.2, 0.25) is 0 Å². The molecule has 0 atom stereocenters. The number of para-hydroxylation sites is 1. The first-order valence-corrected chi connectivity index (χ1v) is 6.61. The lowest BCUT2D eigenvalue weighted by Gasteiger charge is -1.98. The van der Waals surface area contributed by atoms with Gasteiger partial charge in [0.1, 0.15) is 5.82 Å². The van der Waals surface area contributed by atoms with Gasteiger partial charge in [-0.3, -0.25) is 4.99 Å². The number of hydrogen-bond acceptors (Lipinski definition) is 1. The molecular formula is C17H14F2N2. The summed E-state index contributed by atoms with van der Waals surface area (Å²) in [5.41, 5.74) is 3.21. The van der Waals surface area contributed by atoms with Gasteiger partial charge in [0.05, 0.1) is 5.69 Å². The van der Waals surface area contributed by atoms with Gasteiger partial charge in [0.25, 0.3) is 0 Å². The molecule has 0 N–H and O–H groups in total. The van der Waals surface area contributed by atoms with Crippen LogP contribution in [-0.4, -0.2) is 10.8 Å². The number of aliphatic imine (C=N–C) groups is 1. The smallest absolute Gasteiger partial charge is 0.151 e. The molecule has 3 rings (SSSR count). The van der Waals surface area contributed by atoms with Gasteiger partial charge >= 0.3 is 0 Å². The van der Waals surface area contributed by atoms with E-state index in [9.17, 15) is 8.78 Å². The first-order valence-electron chi connectivity index (χ1n) is 6.61. The molecule has 1 heterocycles. The third kappa shape index (κ3) is 2.33. The zero-order valence-electron chi connectivity index (χ0n) is 11.8. The Hall–Kier alpha value is -2.49.